The Morgan fingerprint density at radius 2 is 1.61 bits per heavy atom. The van der Waals surface area contributed by atoms with Gasteiger partial charge in [-0.3, -0.25) is 0 Å². The molecule has 0 aliphatic heterocycles. The van der Waals surface area contributed by atoms with Crippen molar-refractivity contribution in [1.82, 2.24) is 0 Å². The molecule has 94 valence electrons. The van der Waals surface area contributed by atoms with Gasteiger partial charge in [0.2, 0.25) is 0 Å². The van der Waals surface area contributed by atoms with Gasteiger partial charge in [0.15, 0.2) is 0 Å². The van der Waals surface area contributed by atoms with E-state index >= 15 is 0 Å². The first-order valence-corrected chi connectivity index (χ1v) is 6.44. The van der Waals surface area contributed by atoms with Crippen molar-refractivity contribution in [2.24, 2.45) is 0 Å². The van der Waals surface area contributed by atoms with Gasteiger partial charge in [0.1, 0.15) is 17.5 Å². The van der Waals surface area contributed by atoms with Crippen molar-refractivity contribution in [2.45, 2.75) is 10.6 Å². The van der Waals surface area contributed by atoms with E-state index in [-0.39, 0.29) is 5.02 Å². The van der Waals surface area contributed by atoms with Crippen LogP contribution in [-0.2, 0) is 5.75 Å². The van der Waals surface area contributed by atoms with E-state index in [1.807, 2.05) is 0 Å². The molecule has 5 heteroatoms. The lowest BCUT2D eigenvalue weighted by molar-refractivity contribution is 0.577. The Morgan fingerprint density at radius 1 is 0.944 bits per heavy atom. The zero-order chi connectivity index (χ0) is 13.1. The predicted molar refractivity (Wildman–Crippen MR) is 67.3 cm³/mol. The minimum Gasteiger partial charge on any atom is -0.207 e. The van der Waals surface area contributed by atoms with Crippen molar-refractivity contribution >= 4 is 23.4 Å². The topological polar surface area (TPSA) is 0 Å². The summed E-state index contributed by atoms with van der Waals surface area (Å²) in [7, 11) is 0. The van der Waals surface area contributed by atoms with Gasteiger partial charge in [-0.2, -0.15) is 0 Å². The highest BCUT2D eigenvalue weighted by atomic mass is 35.5. The number of rotatable bonds is 3. The molecule has 0 unspecified atom stereocenters. The van der Waals surface area contributed by atoms with E-state index in [0.717, 1.165) is 11.6 Å². The van der Waals surface area contributed by atoms with Gasteiger partial charge in [-0.05, 0) is 29.8 Å². The van der Waals surface area contributed by atoms with Gasteiger partial charge in [-0.15, -0.1) is 11.8 Å². The van der Waals surface area contributed by atoms with Crippen LogP contribution in [0, 0.1) is 17.5 Å². The smallest absolute Gasteiger partial charge is 0.141 e. The lowest BCUT2D eigenvalue weighted by Gasteiger charge is -2.04. The quantitative estimate of drug-likeness (QED) is 0.712. The van der Waals surface area contributed by atoms with Crippen LogP contribution in [0.15, 0.2) is 41.3 Å². The third-order valence-corrected chi connectivity index (χ3v) is 3.56. The molecule has 0 N–H and O–H groups in total. The fourth-order valence-electron chi connectivity index (χ4n) is 1.41. The molecule has 0 saturated heterocycles. The maximum absolute atomic E-state index is 12.9. The number of benzene rings is 2. The molecule has 0 amide bonds. The number of hydrogen-bond donors (Lipinski definition) is 0. The second-order valence-electron chi connectivity index (χ2n) is 3.64. The average Bonchev–Trinajstić information content (AvgIpc) is 2.29. The molecule has 0 fully saturated rings. The lowest BCUT2D eigenvalue weighted by Crippen LogP contribution is -1.85. The van der Waals surface area contributed by atoms with E-state index in [1.165, 1.54) is 36.0 Å². The summed E-state index contributed by atoms with van der Waals surface area (Å²) in [4.78, 5) is 0.480. The molecule has 0 spiro atoms. The van der Waals surface area contributed by atoms with Gasteiger partial charge in [0.05, 0.1) is 5.02 Å². The van der Waals surface area contributed by atoms with Crippen LogP contribution < -0.4 is 0 Å². The zero-order valence-electron chi connectivity index (χ0n) is 9.09. The standard InChI is InChI=1S/C13H8ClF3S/c14-12-3-8(1-2-13(12)17)7-18-11-5-9(15)4-10(16)6-11/h1-6H,7H2. The largest absolute Gasteiger partial charge is 0.207 e. The number of hydrogen-bond acceptors (Lipinski definition) is 1. The molecule has 0 saturated carbocycles. The van der Waals surface area contributed by atoms with E-state index in [2.05, 4.69) is 0 Å². The second kappa shape index (κ2) is 5.67. The van der Waals surface area contributed by atoms with Gasteiger partial charge in [0.25, 0.3) is 0 Å². The highest BCUT2D eigenvalue weighted by Gasteiger charge is 2.04. The third kappa shape index (κ3) is 3.43. The van der Waals surface area contributed by atoms with Crippen molar-refractivity contribution < 1.29 is 13.2 Å². The monoisotopic (exact) mass is 288 g/mol. The predicted octanol–water partition coefficient (Wildman–Crippen LogP) is 5.05. The first-order chi connectivity index (χ1) is 8.54. The summed E-state index contributed by atoms with van der Waals surface area (Å²) < 4.78 is 38.8. The molecule has 2 rings (SSSR count). The summed E-state index contributed by atoms with van der Waals surface area (Å²) in [6.07, 6.45) is 0. The fourth-order valence-corrected chi connectivity index (χ4v) is 2.52. The zero-order valence-corrected chi connectivity index (χ0v) is 10.7. The van der Waals surface area contributed by atoms with Crippen LogP contribution in [0.2, 0.25) is 5.02 Å². The molecule has 0 nitrogen and oxygen atoms in total. The van der Waals surface area contributed by atoms with Crippen molar-refractivity contribution in [3.05, 3.63) is 64.4 Å². The molecule has 0 bridgehead atoms. The van der Waals surface area contributed by atoms with E-state index in [4.69, 9.17) is 11.6 Å². The third-order valence-electron chi connectivity index (χ3n) is 2.23. The normalized spacial score (nSPS) is 10.7. The van der Waals surface area contributed by atoms with Gasteiger partial charge >= 0.3 is 0 Å². The Bertz CT molecular complexity index is 552. The maximum atomic E-state index is 12.9. The van der Waals surface area contributed by atoms with Crippen LogP contribution in [0.1, 0.15) is 5.56 Å². The van der Waals surface area contributed by atoms with Gasteiger partial charge in [-0.25, -0.2) is 13.2 Å². The van der Waals surface area contributed by atoms with Crippen LogP contribution in [0.25, 0.3) is 0 Å². The molecule has 0 aliphatic carbocycles. The minimum atomic E-state index is -0.616. The first kappa shape index (κ1) is 13.3. The van der Waals surface area contributed by atoms with Crippen LogP contribution >= 0.6 is 23.4 Å². The molecule has 0 aliphatic rings. The SMILES string of the molecule is Fc1cc(F)cc(SCc2ccc(F)c(Cl)c2)c1. The molecule has 2 aromatic carbocycles. The summed E-state index contributed by atoms with van der Waals surface area (Å²) >= 11 is 6.90. The second-order valence-corrected chi connectivity index (χ2v) is 5.10. The number of halogens is 4. The Balaban J connectivity index is 2.08. The first-order valence-electron chi connectivity index (χ1n) is 5.07. The highest BCUT2D eigenvalue weighted by Crippen LogP contribution is 2.26. The number of thioether (sulfide) groups is 1. The van der Waals surface area contributed by atoms with Crippen LogP contribution in [0.3, 0.4) is 0 Å². The van der Waals surface area contributed by atoms with Crippen LogP contribution in [0.4, 0.5) is 13.2 Å². The van der Waals surface area contributed by atoms with Gasteiger partial charge in [0, 0.05) is 16.7 Å². The highest BCUT2D eigenvalue weighted by molar-refractivity contribution is 7.98. The summed E-state index contributed by atoms with van der Waals surface area (Å²) in [5.74, 6) is -1.26. The van der Waals surface area contributed by atoms with E-state index in [0.29, 0.717) is 10.6 Å². The summed E-state index contributed by atoms with van der Waals surface area (Å²) in [5, 5.41) is 0.0403. The van der Waals surface area contributed by atoms with Crippen LogP contribution in [0.5, 0.6) is 0 Å². The molecule has 0 atom stereocenters. The lowest BCUT2D eigenvalue weighted by atomic mass is 10.2. The molecular weight excluding hydrogens is 281 g/mol. The summed E-state index contributed by atoms with van der Waals surface area (Å²) in [5.41, 5.74) is 0.788. The Morgan fingerprint density at radius 3 is 2.22 bits per heavy atom. The molecule has 0 heterocycles. The van der Waals surface area contributed by atoms with Crippen molar-refractivity contribution in [3.8, 4) is 0 Å². The summed E-state index contributed by atoms with van der Waals surface area (Å²) in [6, 6.07) is 7.67. The van der Waals surface area contributed by atoms with E-state index < -0.39 is 17.5 Å². The molecule has 0 radical (unpaired) electrons. The van der Waals surface area contributed by atoms with Crippen molar-refractivity contribution in [2.75, 3.05) is 0 Å². The van der Waals surface area contributed by atoms with Crippen molar-refractivity contribution in [3.63, 3.8) is 0 Å². The van der Waals surface area contributed by atoms with Gasteiger partial charge < -0.3 is 0 Å². The van der Waals surface area contributed by atoms with Crippen molar-refractivity contribution in [1.29, 1.82) is 0 Å². The maximum Gasteiger partial charge on any atom is 0.141 e. The Kier molecular flexibility index (Phi) is 4.19. The molecule has 18 heavy (non-hydrogen) atoms. The van der Waals surface area contributed by atoms with E-state index in [1.54, 1.807) is 6.07 Å². The average molecular weight is 289 g/mol. The molecular formula is C13H8ClF3S. The van der Waals surface area contributed by atoms with E-state index in [9.17, 15) is 13.2 Å². The fraction of sp³-hybridized carbons (Fsp3) is 0.0769. The Hall–Kier alpha value is -1.13. The molecule has 0 aromatic heterocycles. The molecule has 2 aromatic rings. The van der Waals surface area contributed by atoms with Gasteiger partial charge in [-0.1, -0.05) is 17.7 Å². The summed E-state index contributed by atoms with van der Waals surface area (Å²) in [6.45, 7) is 0. The van der Waals surface area contributed by atoms with Crippen LogP contribution in [-0.4, -0.2) is 0 Å². The minimum absolute atomic E-state index is 0.0403. The Labute approximate surface area is 112 Å².